The number of nitrogens with zero attached hydrogens (tertiary/aromatic N) is 1. The Kier molecular flexibility index (Phi) is 6.43. The molecule has 3 rings (SSSR count). The van der Waals surface area contributed by atoms with E-state index in [0.29, 0.717) is 32.9 Å². The zero-order valence-corrected chi connectivity index (χ0v) is 17.2. The van der Waals surface area contributed by atoms with E-state index in [2.05, 4.69) is 15.0 Å². The summed E-state index contributed by atoms with van der Waals surface area (Å²) in [5.41, 5.74) is 1.31. The first-order valence-electron chi connectivity index (χ1n) is 8.30. The molecule has 152 valence electrons. The van der Waals surface area contributed by atoms with Crippen molar-refractivity contribution in [2.75, 3.05) is 10.0 Å². The molecule has 0 saturated heterocycles. The number of hydrogen-bond acceptors (Lipinski definition) is 5. The van der Waals surface area contributed by atoms with E-state index >= 15 is 0 Å². The molecule has 0 spiro atoms. The van der Waals surface area contributed by atoms with E-state index in [1.54, 1.807) is 30.3 Å². The van der Waals surface area contributed by atoms with Gasteiger partial charge < -0.3 is 9.73 Å². The lowest BCUT2D eigenvalue weighted by Gasteiger charge is -2.08. The molecule has 11 heteroatoms. The molecular weight excluding hydrogens is 439 g/mol. The molecule has 2 aromatic carbocycles. The van der Waals surface area contributed by atoms with Gasteiger partial charge in [0.1, 0.15) is 0 Å². The summed E-state index contributed by atoms with van der Waals surface area (Å²) >= 11 is 12.0. The highest BCUT2D eigenvalue weighted by Crippen LogP contribution is 2.30. The van der Waals surface area contributed by atoms with Crippen LogP contribution in [0.15, 0.2) is 53.1 Å². The summed E-state index contributed by atoms with van der Waals surface area (Å²) in [5, 5.41) is 8.55. The number of hydrogen-bond donors (Lipinski definition) is 3. The monoisotopic (exact) mass is 454 g/mol. The number of amides is 1. The predicted octanol–water partition coefficient (Wildman–Crippen LogP) is 3.84. The van der Waals surface area contributed by atoms with Gasteiger partial charge in [0.15, 0.2) is 11.7 Å². The molecule has 0 unspecified atom stereocenters. The average Bonchev–Trinajstić information content (AvgIpc) is 3.07. The Morgan fingerprint density at radius 3 is 2.62 bits per heavy atom. The van der Waals surface area contributed by atoms with E-state index in [0.717, 1.165) is 0 Å². The van der Waals surface area contributed by atoms with E-state index in [4.69, 9.17) is 32.8 Å². The minimum atomic E-state index is -3.89. The highest BCUT2D eigenvalue weighted by Gasteiger charge is 2.12. The zero-order chi connectivity index (χ0) is 21.0. The molecule has 1 aromatic heterocycles. The Balaban J connectivity index is 1.59. The van der Waals surface area contributed by atoms with Crippen molar-refractivity contribution in [1.29, 1.82) is 0 Å². The maximum absolute atomic E-state index is 12.2. The second-order valence-corrected chi connectivity index (χ2v) is 8.16. The number of carbonyl (C=O) groups excluding carboxylic acids is 1. The number of nitrogens with two attached hydrogens (primary N) is 1. The second kappa shape index (κ2) is 8.83. The topological polar surface area (TPSA) is 127 Å². The van der Waals surface area contributed by atoms with Crippen LogP contribution in [0.1, 0.15) is 12.3 Å². The van der Waals surface area contributed by atoms with Gasteiger partial charge in [-0.05, 0) is 36.4 Å². The Hall–Kier alpha value is -2.59. The maximum Gasteiger partial charge on any atom is 0.296 e. The van der Waals surface area contributed by atoms with Gasteiger partial charge in [0, 0.05) is 29.1 Å². The van der Waals surface area contributed by atoms with Gasteiger partial charge in [-0.2, -0.15) is 8.42 Å². The van der Waals surface area contributed by atoms with Crippen LogP contribution in [0.3, 0.4) is 0 Å². The predicted molar refractivity (Wildman–Crippen MR) is 112 cm³/mol. The third kappa shape index (κ3) is 6.20. The normalized spacial score (nSPS) is 11.3. The molecule has 3 aromatic rings. The number of halogens is 2. The van der Waals surface area contributed by atoms with E-state index < -0.39 is 10.2 Å². The molecule has 0 fully saturated rings. The molecule has 1 amide bonds. The molecule has 8 nitrogen and oxygen atoms in total. The van der Waals surface area contributed by atoms with Crippen LogP contribution in [0.5, 0.6) is 0 Å². The van der Waals surface area contributed by atoms with Gasteiger partial charge in [0.05, 0.1) is 16.9 Å². The van der Waals surface area contributed by atoms with Crippen LogP contribution in [-0.4, -0.2) is 19.3 Å². The van der Waals surface area contributed by atoms with Crippen molar-refractivity contribution >= 4 is 50.7 Å². The quantitative estimate of drug-likeness (QED) is 0.499. The third-order valence-corrected chi connectivity index (χ3v) is 4.79. The van der Waals surface area contributed by atoms with Crippen LogP contribution in [0.2, 0.25) is 10.0 Å². The molecule has 0 aliphatic carbocycles. The highest BCUT2D eigenvalue weighted by molar-refractivity contribution is 7.90. The van der Waals surface area contributed by atoms with E-state index in [-0.39, 0.29) is 24.4 Å². The number of nitrogens with one attached hydrogen (secondary N) is 2. The van der Waals surface area contributed by atoms with Gasteiger partial charge in [0.25, 0.3) is 10.2 Å². The summed E-state index contributed by atoms with van der Waals surface area (Å²) in [5.74, 6) is 0.566. The lowest BCUT2D eigenvalue weighted by molar-refractivity contribution is -0.116. The van der Waals surface area contributed by atoms with Crippen LogP contribution in [0.25, 0.3) is 11.3 Å². The van der Waals surface area contributed by atoms with Crippen molar-refractivity contribution in [3.8, 4) is 11.3 Å². The van der Waals surface area contributed by atoms with Crippen molar-refractivity contribution in [3.05, 3.63) is 64.6 Å². The van der Waals surface area contributed by atoms with Crippen LogP contribution in [0.4, 0.5) is 11.4 Å². The van der Waals surface area contributed by atoms with Crippen molar-refractivity contribution in [1.82, 2.24) is 4.98 Å². The minimum Gasteiger partial charge on any atom is -0.441 e. The SMILES string of the molecule is NS(=O)(=O)Nc1cccc(NC(=O)CCc2ncc(-c3ccc(Cl)cc3Cl)o2)c1. The average molecular weight is 455 g/mol. The molecule has 0 bridgehead atoms. The number of carbonyl (C=O) groups is 1. The van der Waals surface area contributed by atoms with Gasteiger partial charge in [-0.3, -0.25) is 9.52 Å². The fraction of sp³-hybridized carbons (Fsp3) is 0.111. The molecule has 0 radical (unpaired) electrons. The lowest BCUT2D eigenvalue weighted by Crippen LogP contribution is -2.21. The maximum atomic E-state index is 12.2. The lowest BCUT2D eigenvalue weighted by atomic mass is 10.2. The van der Waals surface area contributed by atoms with Crippen LogP contribution in [0, 0.1) is 0 Å². The third-order valence-electron chi connectivity index (χ3n) is 3.72. The number of anilines is 2. The van der Waals surface area contributed by atoms with Crippen LogP contribution < -0.4 is 15.2 Å². The van der Waals surface area contributed by atoms with Gasteiger partial charge in [-0.15, -0.1) is 0 Å². The van der Waals surface area contributed by atoms with E-state index in [1.807, 2.05) is 0 Å². The molecule has 4 N–H and O–H groups in total. The number of aryl methyl sites for hydroxylation is 1. The zero-order valence-electron chi connectivity index (χ0n) is 14.9. The van der Waals surface area contributed by atoms with Crippen LogP contribution >= 0.6 is 23.2 Å². The number of aromatic nitrogens is 1. The minimum absolute atomic E-state index is 0.112. The molecule has 0 atom stereocenters. The highest BCUT2D eigenvalue weighted by atomic mass is 35.5. The molecular formula is C18H16Cl2N4O4S. The second-order valence-electron chi connectivity index (χ2n) is 6.02. The molecule has 1 heterocycles. The molecule has 0 saturated carbocycles. The van der Waals surface area contributed by atoms with Gasteiger partial charge >= 0.3 is 0 Å². The number of rotatable bonds is 7. The smallest absolute Gasteiger partial charge is 0.296 e. The summed E-state index contributed by atoms with van der Waals surface area (Å²) in [6.07, 6.45) is 1.91. The number of oxazole rings is 1. The summed E-state index contributed by atoms with van der Waals surface area (Å²) in [6.45, 7) is 0. The first kappa shape index (κ1) is 21.1. The summed E-state index contributed by atoms with van der Waals surface area (Å²) < 4.78 is 30.0. The van der Waals surface area contributed by atoms with Gasteiger partial charge in [-0.25, -0.2) is 10.1 Å². The van der Waals surface area contributed by atoms with Crippen molar-refractivity contribution in [3.63, 3.8) is 0 Å². The standard InChI is InChI=1S/C18H16Cl2N4O4S/c19-11-4-5-14(15(20)8-11)16-10-22-18(28-16)7-6-17(25)23-12-2-1-3-13(9-12)24-29(21,26)27/h1-5,8-10,24H,6-7H2,(H,23,25)(H2,21,26,27). The Morgan fingerprint density at radius 2 is 1.90 bits per heavy atom. The Labute approximate surface area is 177 Å². The van der Waals surface area contributed by atoms with E-state index in [9.17, 15) is 13.2 Å². The fourth-order valence-electron chi connectivity index (χ4n) is 2.51. The largest absolute Gasteiger partial charge is 0.441 e. The first-order chi connectivity index (χ1) is 13.7. The molecule has 0 aliphatic rings. The van der Waals surface area contributed by atoms with E-state index in [1.165, 1.54) is 18.3 Å². The summed E-state index contributed by atoms with van der Waals surface area (Å²) in [7, 11) is -3.89. The Bertz CT molecular complexity index is 1150. The summed E-state index contributed by atoms with van der Waals surface area (Å²) in [6, 6.07) is 11.2. The summed E-state index contributed by atoms with van der Waals surface area (Å²) in [4.78, 5) is 16.3. The van der Waals surface area contributed by atoms with Crippen molar-refractivity contribution in [2.45, 2.75) is 12.8 Å². The molecule has 29 heavy (non-hydrogen) atoms. The fourth-order valence-corrected chi connectivity index (χ4v) is 3.47. The van der Waals surface area contributed by atoms with Crippen molar-refractivity contribution < 1.29 is 17.6 Å². The van der Waals surface area contributed by atoms with Gasteiger partial charge in [-0.1, -0.05) is 29.3 Å². The first-order valence-corrected chi connectivity index (χ1v) is 10.6. The number of benzene rings is 2. The molecule has 0 aliphatic heterocycles. The van der Waals surface area contributed by atoms with Crippen LogP contribution in [-0.2, 0) is 21.4 Å². The Morgan fingerprint density at radius 1 is 1.14 bits per heavy atom. The van der Waals surface area contributed by atoms with Crippen molar-refractivity contribution in [2.24, 2.45) is 5.14 Å². The van der Waals surface area contributed by atoms with Gasteiger partial charge in [0.2, 0.25) is 5.91 Å².